The molecule has 2 aromatic rings. The lowest BCUT2D eigenvalue weighted by atomic mass is 9.95. The number of ketones is 1. The zero-order valence-electron chi connectivity index (χ0n) is 20.7. The Labute approximate surface area is 211 Å². The average molecular weight is 493 g/mol. The lowest BCUT2D eigenvalue weighted by molar-refractivity contribution is -0.895. The van der Waals surface area contributed by atoms with Crippen molar-refractivity contribution in [1.29, 1.82) is 0 Å². The molecule has 1 unspecified atom stereocenters. The first-order valence-corrected chi connectivity index (χ1v) is 12.3. The van der Waals surface area contributed by atoms with E-state index in [1.165, 1.54) is 9.80 Å². The van der Waals surface area contributed by atoms with Crippen molar-refractivity contribution in [2.45, 2.75) is 19.9 Å². The summed E-state index contributed by atoms with van der Waals surface area (Å²) >= 11 is 0. The van der Waals surface area contributed by atoms with Crippen molar-refractivity contribution >= 4 is 17.4 Å². The SMILES string of the molecule is C=CCOc1cccc(C2C(=C([O-])c3ccc4c(c3)OCCO4)C(=O)C(=O)N2CC[NH+](CC)CC)c1. The molecular formula is C28H32N2O6. The van der Waals surface area contributed by atoms with Crippen molar-refractivity contribution in [2.24, 2.45) is 0 Å². The second-order valence-electron chi connectivity index (χ2n) is 8.71. The molecule has 1 N–H and O–H groups in total. The van der Waals surface area contributed by atoms with Gasteiger partial charge in [0.1, 0.15) is 25.6 Å². The van der Waals surface area contributed by atoms with Crippen LogP contribution in [0.3, 0.4) is 0 Å². The van der Waals surface area contributed by atoms with Crippen LogP contribution < -0.4 is 24.2 Å². The van der Waals surface area contributed by atoms with Gasteiger partial charge in [0.05, 0.1) is 32.2 Å². The molecule has 36 heavy (non-hydrogen) atoms. The number of nitrogens with zero attached hydrogens (tertiary/aromatic N) is 1. The molecular weight excluding hydrogens is 460 g/mol. The number of rotatable bonds is 10. The molecule has 2 heterocycles. The Kier molecular flexibility index (Phi) is 7.95. The summed E-state index contributed by atoms with van der Waals surface area (Å²) in [5.74, 6) is -0.367. The molecule has 0 aromatic heterocycles. The minimum Gasteiger partial charge on any atom is -0.872 e. The van der Waals surface area contributed by atoms with Gasteiger partial charge in [-0.3, -0.25) is 9.59 Å². The predicted molar refractivity (Wildman–Crippen MR) is 133 cm³/mol. The quantitative estimate of drug-likeness (QED) is 0.232. The van der Waals surface area contributed by atoms with Gasteiger partial charge in [0, 0.05) is 5.57 Å². The van der Waals surface area contributed by atoms with Crippen LogP contribution in [0.1, 0.15) is 31.0 Å². The summed E-state index contributed by atoms with van der Waals surface area (Å²) in [7, 11) is 0. The zero-order chi connectivity index (χ0) is 25.7. The maximum atomic E-state index is 13.7. The van der Waals surface area contributed by atoms with E-state index in [0.29, 0.717) is 55.7 Å². The maximum absolute atomic E-state index is 13.7. The van der Waals surface area contributed by atoms with Crippen LogP contribution in [0.15, 0.2) is 60.7 Å². The second kappa shape index (κ2) is 11.3. The third-order valence-electron chi connectivity index (χ3n) is 6.58. The molecule has 8 heteroatoms. The van der Waals surface area contributed by atoms with Gasteiger partial charge < -0.3 is 29.1 Å². The summed E-state index contributed by atoms with van der Waals surface area (Å²) in [4.78, 5) is 29.3. The van der Waals surface area contributed by atoms with Gasteiger partial charge in [-0.1, -0.05) is 36.6 Å². The fourth-order valence-electron chi connectivity index (χ4n) is 4.60. The van der Waals surface area contributed by atoms with Crippen molar-refractivity contribution in [2.75, 3.05) is 46.0 Å². The number of Topliss-reactive ketones (excluding diaryl/α,β-unsaturated/α-hetero) is 1. The van der Waals surface area contributed by atoms with Crippen molar-refractivity contribution in [3.8, 4) is 17.2 Å². The van der Waals surface area contributed by atoms with E-state index in [1.807, 2.05) is 6.07 Å². The summed E-state index contributed by atoms with van der Waals surface area (Å²) < 4.78 is 16.9. The van der Waals surface area contributed by atoms with Crippen molar-refractivity contribution in [3.63, 3.8) is 0 Å². The number of quaternary nitrogens is 1. The normalized spacial score (nSPS) is 18.5. The van der Waals surface area contributed by atoms with Gasteiger partial charge in [-0.2, -0.15) is 0 Å². The van der Waals surface area contributed by atoms with Gasteiger partial charge in [0.15, 0.2) is 11.5 Å². The topological polar surface area (TPSA) is 92.6 Å². The van der Waals surface area contributed by atoms with Gasteiger partial charge in [-0.25, -0.2) is 0 Å². The van der Waals surface area contributed by atoms with E-state index in [-0.39, 0.29) is 11.1 Å². The van der Waals surface area contributed by atoms with E-state index in [4.69, 9.17) is 14.2 Å². The standard InChI is InChI=1S/C28H32N2O6/c1-4-14-34-21-9-7-8-19(17-21)25-24(27(32)28(33)30(25)13-12-29(5-2)6-3)26(31)20-10-11-22-23(18-20)36-16-15-35-22/h4,7-11,17-18,25,31H,1,5-6,12-16H2,2-3H3. The number of nitrogens with one attached hydrogen (secondary N) is 1. The van der Waals surface area contributed by atoms with Crippen molar-refractivity contribution in [1.82, 2.24) is 4.90 Å². The molecule has 190 valence electrons. The molecule has 1 atom stereocenters. The van der Waals surface area contributed by atoms with Crippen molar-refractivity contribution in [3.05, 3.63) is 71.8 Å². The Balaban J connectivity index is 1.79. The molecule has 2 aromatic carbocycles. The van der Waals surface area contributed by atoms with Gasteiger partial charge >= 0.3 is 0 Å². The Morgan fingerprint density at radius 2 is 1.89 bits per heavy atom. The Morgan fingerprint density at radius 3 is 2.61 bits per heavy atom. The van der Waals surface area contributed by atoms with E-state index < -0.39 is 23.5 Å². The molecule has 1 amide bonds. The largest absolute Gasteiger partial charge is 0.872 e. The number of carbonyl (C=O) groups excluding carboxylic acids is 2. The number of fused-ring (bicyclic) bond motifs is 1. The minimum atomic E-state index is -0.812. The highest BCUT2D eigenvalue weighted by atomic mass is 16.6. The van der Waals surface area contributed by atoms with E-state index >= 15 is 0 Å². The van der Waals surface area contributed by atoms with Crippen LogP contribution >= 0.6 is 0 Å². The zero-order valence-corrected chi connectivity index (χ0v) is 20.7. The Morgan fingerprint density at radius 1 is 1.14 bits per heavy atom. The first kappa shape index (κ1) is 25.3. The molecule has 0 aliphatic carbocycles. The smallest absolute Gasteiger partial charge is 0.295 e. The highest BCUT2D eigenvalue weighted by Gasteiger charge is 2.44. The molecule has 4 rings (SSSR count). The number of benzene rings is 2. The van der Waals surface area contributed by atoms with Gasteiger partial charge in [0.25, 0.3) is 5.91 Å². The number of hydrogen-bond acceptors (Lipinski definition) is 6. The highest BCUT2D eigenvalue weighted by molar-refractivity contribution is 6.46. The molecule has 0 spiro atoms. The van der Waals surface area contributed by atoms with Crippen LogP contribution in [0.25, 0.3) is 5.76 Å². The summed E-state index contributed by atoms with van der Waals surface area (Å²) in [6.07, 6.45) is 1.64. The maximum Gasteiger partial charge on any atom is 0.295 e. The number of likely N-dealkylation sites (N-methyl/N-ethyl adjacent to an activating group) is 1. The summed E-state index contributed by atoms with van der Waals surface area (Å²) in [5.41, 5.74) is 0.856. The molecule has 2 aliphatic heterocycles. The lowest BCUT2D eigenvalue weighted by Crippen LogP contribution is -3.12. The van der Waals surface area contributed by atoms with Gasteiger partial charge in [-0.15, -0.1) is 0 Å². The van der Waals surface area contributed by atoms with E-state index in [2.05, 4.69) is 20.4 Å². The van der Waals surface area contributed by atoms with Crippen LogP contribution in [0.2, 0.25) is 0 Å². The van der Waals surface area contributed by atoms with Crippen LogP contribution in [0.4, 0.5) is 0 Å². The van der Waals surface area contributed by atoms with Gasteiger partial charge in [-0.05, 0) is 49.2 Å². The summed E-state index contributed by atoms with van der Waals surface area (Å²) in [5, 5.41) is 13.7. The molecule has 0 bridgehead atoms. The van der Waals surface area contributed by atoms with E-state index in [0.717, 1.165) is 13.1 Å². The molecule has 2 aliphatic rings. The first-order valence-electron chi connectivity index (χ1n) is 12.3. The highest BCUT2D eigenvalue weighted by Crippen LogP contribution is 2.40. The monoisotopic (exact) mass is 492 g/mol. The number of likely N-dealkylation sites (tertiary alicyclic amines) is 1. The summed E-state index contributed by atoms with van der Waals surface area (Å²) in [6.45, 7) is 11.8. The third kappa shape index (κ3) is 5.09. The second-order valence-corrected chi connectivity index (χ2v) is 8.71. The Hall–Kier alpha value is -3.78. The average Bonchev–Trinajstić information content (AvgIpc) is 3.17. The molecule has 8 nitrogen and oxygen atoms in total. The van der Waals surface area contributed by atoms with Crippen molar-refractivity contribution < 1.29 is 33.8 Å². The molecule has 0 radical (unpaired) electrons. The summed E-state index contributed by atoms with van der Waals surface area (Å²) in [6, 6.07) is 11.2. The third-order valence-corrected chi connectivity index (χ3v) is 6.58. The molecule has 1 fully saturated rings. The minimum absolute atomic E-state index is 0.0629. The number of carbonyl (C=O) groups is 2. The fourth-order valence-corrected chi connectivity index (χ4v) is 4.60. The molecule has 0 saturated carbocycles. The van der Waals surface area contributed by atoms with E-state index in [1.54, 1.807) is 42.5 Å². The van der Waals surface area contributed by atoms with E-state index in [9.17, 15) is 14.7 Å². The lowest BCUT2D eigenvalue weighted by Gasteiger charge is -2.29. The fraction of sp³-hybridized carbons (Fsp3) is 0.357. The van der Waals surface area contributed by atoms with Crippen LogP contribution in [0, 0.1) is 0 Å². The van der Waals surface area contributed by atoms with Crippen LogP contribution in [-0.4, -0.2) is 62.6 Å². The van der Waals surface area contributed by atoms with Crippen LogP contribution in [-0.2, 0) is 9.59 Å². The molecule has 1 saturated heterocycles. The number of ether oxygens (including phenoxy) is 3. The number of amides is 1. The van der Waals surface area contributed by atoms with Gasteiger partial charge in [0.2, 0.25) is 5.78 Å². The Bertz CT molecular complexity index is 1170. The number of hydrogen-bond donors (Lipinski definition) is 1. The van der Waals surface area contributed by atoms with Crippen LogP contribution in [0.5, 0.6) is 17.2 Å². The predicted octanol–water partition coefficient (Wildman–Crippen LogP) is 1.17. The first-order chi connectivity index (χ1) is 17.5.